The van der Waals surface area contributed by atoms with E-state index in [0.717, 1.165) is 6.42 Å². The molecule has 66 valence electrons. The van der Waals surface area contributed by atoms with Crippen molar-refractivity contribution < 1.29 is 4.74 Å². The van der Waals surface area contributed by atoms with Gasteiger partial charge >= 0.3 is 0 Å². The lowest BCUT2D eigenvalue weighted by Crippen LogP contribution is -2.12. The van der Waals surface area contributed by atoms with Crippen LogP contribution in [0.3, 0.4) is 0 Å². The summed E-state index contributed by atoms with van der Waals surface area (Å²) in [7, 11) is 1.78. The zero-order chi connectivity index (χ0) is 8.85. The molecule has 0 aliphatic rings. The number of ether oxygens (including phenoxy) is 1. The topological polar surface area (TPSA) is 9.23 Å². The molecule has 0 saturated heterocycles. The third kappa shape index (κ3) is 3.57. The zero-order valence-corrected chi connectivity index (χ0v) is 8.40. The van der Waals surface area contributed by atoms with Gasteiger partial charge in [-0.05, 0) is 32.8 Å². The van der Waals surface area contributed by atoms with Crippen molar-refractivity contribution in [1.29, 1.82) is 0 Å². The second kappa shape index (κ2) is 5.36. The second-order valence-corrected chi connectivity index (χ2v) is 3.20. The van der Waals surface area contributed by atoms with Crippen molar-refractivity contribution >= 4 is 0 Å². The summed E-state index contributed by atoms with van der Waals surface area (Å²) in [5.74, 6) is 0. The molecule has 0 aromatic carbocycles. The summed E-state index contributed by atoms with van der Waals surface area (Å²) in [5.41, 5.74) is 2.76. The van der Waals surface area contributed by atoms with Crippen molar-refractivity contribution in [2.24, 2.45) is 0 Å². The van der Waals surface area contributed by atoms with Crippen molar-refractivity contribution in [2.45, 2.75) is 46.6 Å². The average molecular weight is 156 g/mol. The Morgan fingerprint density at radius 3 is 2.09 bits per heavy atom. The lowest BCUT2D eigenvalue weighted by Gasteiger charge is -2.16. The Morgan fingerprint density at radius 2 is 1.82 bits per heavy atom. The van der Waals surface area contributed by atoms with Crippen molar-refractivity contribution in [1.82, 2.24) is 0 Å². The maximum atomic E-state index is 5.36. The summed E-state index contributed by atoms with van der Waals surface area (Å²) in [6.07, 6.45) is 2.65. The molecule has 1 nitrogen and oxygen atoms in total. The standard InChI is InChI=1S/C10H20O/c1-6-7-10(11-5)9(4)8(2)3/h10H,6-7H2,1-5H3. The summed E-state index contributed by atoms with van der Waals surface area (Å²) in [6.45, 7) is 8.61. The van der Waals surface area contributed by atoms with Gasteiger partial charge in [-0.2, -0.15) is 0 Å². The van der Waals surface area contributed by atoms with Crippen LogP contribution in [0.15, 0.2) is 11.1 Å². The Bertz CT molecular complexity index is 132. The maximum absolute atomic E-state index is 5.36. The van der Waals surface area contributed by atoms with Crippen LogP contribution in [0.25, 0.3) is 0 Å². The van der Waals surface area contributed by atoms with Crippen molar-refractivity contribution in [3.05, 3.63) is 11.1 Å². The van der Waals surface area contributed by atoms with Crippen molar-refractivity contribution in [3.63, 3.8) is 0 Å². The third-order valence-electron chi connectivity index (χ3n) is 2.11. The van der Waals surface area contributed by atoms with Gasteiger partial charge in [0, 0.05) is 7.11 Å². The van der Waals surface area contributed by atoms with Crippen molar-refractivity contribution in [3.8, 4) is 0 Å². The molecule has 0 radical (unpaired) electrons. The summed E-state index contributed by atoms with van der Waals surface area (Å²) in [4.78, 5) is 0. The quantitative estimate of drug-likeness (QED) is 0.568. The Labute approximate surface area is 70.4 Å². The van der Waals surface area contributed by atoms with E-state index in [1.54, 1.807) is 7.11 Å². The monoisotopic (exact) mass is 156 g/mol. The Hall–Kier alpha value is -0.300. The first-order valence-corrected chi connectivity index (χ1v) is 4.30. The normalized spacial score (nSPS) is 12.8. The molecule has 0 aliphatic carbocycles. The average Bonchev–Trinajstić information content (AvgIpc) is 1.98. The van der Waals surface area contributed by atoms with Crippen molar-refractivity contribution in [2.75, 3.05) is 7.11 Å². The minimum Gasteiger partial charge on any atom is -0.377 e. The first-order chi connectivity index (χ1) is 5.13. The van der Waals surface area contributed by atoms with E-state index in [2.05, 4.69) is 27.7 Å². The zero-order valence-electron chi connectivity index (χ0n) is 8.40. The molecule has 1 atom stereocenters. The summed E-state index contributed by atoms with van der Waals surface area (Å²) >= 11 is 0. The summed E-state index contributed by atoms with van der Waals surface area (Å²) in [6, 6.07) is 0. The maximum Gasteiger partial charge on any atom is 0.0780 e. The van der Waals surface area contributed by atoms with E-state index in [1.165, 1.54) is 17.6 Å². The number of methoxy groups -OCH3 is 1. The second-order valence-electron chi connectivity index (χ2n) is 3.20. The summed E-state index contributed by atoms with van der Waals surface area (Å²) in [5, 5.41) is 0. The molecule has 0 spiro atoms. The van der Waals surface area contributed by atoms with Gasteiger partial charge in [0.1, 0.15) is 0 Å². The van der Waals surface area contributed by atoms with Crippen LogP contribution in [0.5, 0.6) is 0 Å². The molecule has 0 amide bonds. The first kappa shape index (κ1) is 10.7. The molecule has 1 unspecified atom stereocenters. The van der Waals surface area contributed by atoms with Crippen LogP contribution in [0, 0.1) is 0 Å². The van der Waals surface area contributed by atoms with E-state index in [0.29, 0.717) is 6.10 Å². The summed E-state index contributed by atoms with van der Waals surface area (Å²) < 4.78 is 5.36. The molecule has 0 aromatic rings. The molecule has 11 heavy (non-hydrogen) atoms. The number of allylic oxidation sites excluding steroid dienone is 1. The largest absolute Gasteiger partial charge is 0.377 e. The van der Waals surface area contributed by atoms with Crippen LogP contribution in [-0.2, 0) is 4.74 Å². The van der Waals surface area contributed by atoms with Gasteiger partial charge in [-0.1, -0.05) is 18.9 Å². The smallest absolute Gasteiger partial charge is 0.0780 e. The van der Waals surface area contributed by atoms with E-state index in [4.69, 9.17) is 4.74 Å². The molecule has 0 saturated carbocycles. The van der Waals surface area contributed by atoms with Gasteiger partial charge in [0.15, 0.2) is 0 Å². The first-order valence-electron chi connectivity index (χ1n) is 4.30. The highest BCUT2D eigenvalue weighted by molar-refractivity contribution is 5.11. The highest BCUT2D eigenvalue weighted by Gasteiger charge is 2.08. The molecule has 1 heteroatoms. The van der Waals surface area contributed by atoms with E-state index in [-0.39, 0.29) is 0 Å². The predicted molar refractivity (Wildman–Crippen MR) is 49.8 cm³/mol. The molecule has 0 aromatic heterocycles. The Balaban J connectivity index is 4.14. The van der Waals surface area contributed by atoms with Crippen LogP contribution in [-0.4, -0.2) is 13.2 Å². The molecular formula is C10H20O. The number of hydrogen-bond acceptors (Lipinski definition) is 1. The van der Waals surface area contributed by atoms with E-state index < -0.39 is 0 Å². The van der Waals surface area contributed by atoms with Gasteiger partial charge in [0.2, 0.25) is 0 Å². The molecule has 0 rings (SSSR count). The highest BCUT2D eigenvalue weighted by Crippen LogP contribution is 2.14. The van der Waals surface area contributed by atoms with Gasteiger partial charge in [0.25, 0.3) is 0 Å². The van der Waals surface area contributed by atoms with Gasteiger partial charge in [-0.3, -0.25) is 0 Å². The van der Waals surface area contributed by atoms with Gasteiger partial charge in [-0.25, -0.2) is 0 Å². The molecule has 0 fully saturated rings. The fourth-order valence-corrected chi connectivity index (χ4v) is 1.10. The predicted octanol–water partition coefficient (Wildman–Crippen LogP) is 3.16. The van der Waals surface area contributed by atoms with Crippen LogP contribution in [0.2, 0.25) is 0 Å². The third-order valence-corrected chi connectivity index (χ3v) is 2.11. The SMILES string of the molecule is CCCC(OC)C(C)=C(C)C. The highest BCUT2D eigenvalue weighted by atomic mass is 16.5. The van der Waals surface area contributed by atoms with E-state index >= 15 is 0 Å². The molecule has 0 N–H and O–H groups in total. The fourth-order valence-electron chi connectivity index (χ4n) is 1.10. The van der Waals surface area contributed by atoms with E-state index in [9.17, 15) is 0 Å². The lowest BCUT2D eigenvalue weighted by molar-refractivity contribution is 0.122. The van der Waals surface area contributed by atoms with Gasteiger partial charge < -0.3 is 4.74 Å². The Kier molecular flexibility index (Phi) is 5.22. The van der Waals surface area contributed by atoms with Crippen LogP contribution < -0.4 is 0 Å². The Morgan fingerprint density at radius 1 is 1.27 bits per heavy atom. The van der Waals surface area contributed by atoms with Crippen LogP contribution >= 0.6 is 0 Å². The number of rotatable bonds is 4. The molecule has 0 bridgehead atoms. The van der Waals surface area contributed by atoms with Crippen LogP contribution in [0.4, 0.5) is 0 Å². The lowest BCUT2D eigenvalue weighted by atomic mass is 10.0. The molecule has 0 aliphatic heterocycles. The van der Waals surface area contributed by atoms with Crippen LogP contribution in [0.1, 0.15) is 40.5 Å². The molecular weight excluding hydrogens is 136 g/mol. The minimum atomic E-state index is 0.338. The van der Waals surface area contributed by atoms with E-state index in [1.807, 2.05) is 0 Å². The fraction of sp³-hybridized carbons (Fsp3) is 0.800. The minimum absolute atomic E-state index is 0.338. The van der Waals surface area contributed by atoms with Gasteiger partial charge in [0.05, 0.1) is 6.10 Å². The number of hydrogen-bond donors (Lipinski definition) is 0. The molecule has 0 heterocycles. The van der Waals surface area contributed by atoms with Gasteiger partial charge in [-0.15, -0.1) is 0 Å².